The Morgan fingerprint density at radius 1 is 1.15 bits per heavy atom. The maximum atomic E-state index is 12.2. The molecule has 1 atom stereocenters. The van der Waals surface area contributed by atoms with Crippen molar-refractivity contribution in [3.05, 3.63) is 93.7 Å². The molecule has 2 heterocycles. The summed E-state index contributed by atoms with van der Waals surface area (Å²) in [6.45, 7) is 0.518. The molecule has 136 valence electrons. The second kappa shape index (κ2) is 7.90. The largest absolute Gasteiger partial charge is 0.460 e. The van der Waals surface area contributed by atoms with Crippen LogP contribution < -0.4 is 4.74 Å². The first-order chi connectivity index (χ1) is 13.2. The molecule has 0 N–H and O–H groups in total. The van der Waals surface area contributed by atoms with E-state index in [0.29, 0.717) is 17.9 Å². The van der Waals surface area contributed by atoms with Gasteiger partial charge in [-0.05, 0) is 24.3 Å². The number of fused-ring (bicyclic) bond motifs is 1. The van der Waals surface area contributed by atoms with Gasteiger partial charge in [0.25, 0.3) is 0 Å². The van der Waals surface area contributed by atoms with Gasteiger partial charge in [-0.1, -0.05) is 46.3 Å². The number of hydrogen-bond acceptors (Lipinski definition) is 5. The van der Waals surface area contributed by atoms with Crippen LogP contribution in [0.1, 0.15) is 33.3 Å². The summed E-state index contributed by atoms with van der Waals surface area (Å²) in [6.07, 6.45) is 2.62. The molecule has 0 saturated heterocycles. The highest BCUT2D eigenvalue weighted by atomic mass is 79.9. The minimum Gasteiger partial charge on any atom is -0.460 e. The second-order valence-electron chi connectivity index (χ2n) is 6.04. The summed E-state index contributed by atoms with van der Waals surface area (Å²) in [5.41, 5.74) is 3.09. The van der Waals surface area contributed by atoms with Crippen LogP contribution in [-0.4, -0.2) is 11.0 Å². The normalized spacial score (nSPS) is 15.5. The number of carbonyl (C=O) groups excluding carboxylic acids is 1. The molecule has 2 aromatic carbocycles. The average Bonchev–Trinajstić information content (AvgIpc) is 2.72. The van der Waals surface area contributed by atoms with Gasteiger partial charge in [0.15, 0.2) is 0 Å². The van der Waals surface area contributed by atoms with Crippen LogP contribution in [0.2, 0.25) is 0 Å². The summed E-state index contributed by atoms with van der Waals surface area (Å²) in [6, 6.07) is 16.8. The van der Waals surface area contributed by atoms with E-state index in [9.17, 15) is 4.79 Å². The molecule has 1 aliphatic heterocycles. The van der Waals surface area contributed by atoms with E-state index in [1.807, 2.05) is 42.5 Å². The number of ether oxygens (including phenoxy) is 3. The molecule has 0 radical (unpaired) electrons. The Bertz CT molecular complexity index is 947. The highest BCUT2D eigenvalue weighted by Gasteiger charge is 2.25. The number of esters is 1. The average molecular weight is 426 g/mol. The fourth-order valence-corrected chi connectivity index (χ4v) is 3.43. The maximum Gasteiger partial charge on any atom is 0.338 e. The second-order valence-corrected chi connectivity index (χ2v) is 6.95. The number of nitrogens with zero attached hydrogens (tertiary/aromatic N) is 1. The van der Waals surface area contributed by atoms with Crippen LogP contribution in [0, 0.1) is 0 Å². The molecule has 3 aromatic rings. The number of benzene rings is 2. The molecule has 1 aromatic heterocycles. The summed E-state index contributed by atoms with van der Waals surface area (Å²) in [4.78, 5) is 16.1. The van der Waals surface area contributed by atoms with E-state index in [-0.39, 0.29) is 6.61 Å². The number of carbonyl (C=O) groups is 1. The van der Waals surface area contributed by atoms with Crippen molar-refractivity contribution in [3.8, 4) is 5.75 Å². The zero-order chi connectivity index (χ0) is 18.6. The molecule has 0 spiro atoms. The first-order valence-corrected chi connectivity index (χ1v) is 9.21. The van der Waals surface area contributed by atoms with Gasteiger partial charge >= 0.3 is 5.97 Å². The Morgan fingerprint density at radius 3 is 2.70 bits per heavy atom. The van der Waals surface area contributed by atoms with E-state index in [0.717, 1.165) is 21.2 Å². The van der Waals surface area contributed by atoms with E-state index in [2.05, 4.69) is 20.9 Å². The lowest BCUT2D eigenvalue weighted by Crippen LogP contribution is -2.19. The number of hydrogen-bond donors (Lipinski definition) is 0. The highest BCUT2D eigenvalue weighted by Crippen LogP contribution is 2.38. The van der Waals surface area contributed by atoms with E-state index in [1.54, 1.807) is 24.5 Å². The lowest BCUT2D eigenvalue weighted by Gasteiger charge is -2.28. The number of aromatic nitrogens is 1. The predicted molar refractivity (Wildman–Crippen MR) is 102 cm³/mol. The third-order valence-corrected chi connectivity index (χ3v) is 4.63. The number of halogens is 1. The van der Waals surface area contributed by atoms with Gasteiger partial charge in [-0.2, -0.15) is 0 Å². The zero-order valence-corrected chi connectivity index (χ0v) is 15.9. The van der Waals surface area contributed by atoms with Crippen molar-refractivity contribution in [2.75, 3.05) is 0 Å². The Hall–Kier alpha value is -2.70. The van der Waals surface area contributed by atoms with Crippen LogP contribution in [0.3, 0.4) is 0 Å². The van der Waals surface area contributed by atoms with Crippen LogP contribution in [0.4, 0.5) is 0 Å². The SMILES string of the molecule is O=C(OCc1cc(Br)cc2c1O[C@@H](c1ccccc1)OC2)c1ccncc1. The van der Waals surface area contributed by atoms with Crippen LogP contribution in [0.25, 0.3) is 0 Å². The third-order valence-electron chi connectivity index (χ3n) is 4.17. The zero-order valence-electron chi connectivity index (χ0n) is 14.3. The summed E-state index contributed by atoms with van der Waals surface area (Å²) >= 11 is 3.49. The van der Waals surface area contributed by atoms with Gasteiger partial charge < -0.3 is 14.2 Å². The molecule has 0 saturated carbocycles. The van der Waals surface area contributed by atoms with Gasteiger partial charge in [0.1, 0.15) is 12.4 Å². The number of rotatable bonds is 4. The first-order valence-electron chi connectivity index (χ1n) is 8.42. The quantitative estimate of drug-likeness (QED) is 0.561. The fourth-order valence-electron chi connectivity index (χ4n) is 2.87. The van der Waals surface area contributed by atoms with Gasteiger partial charge in [-0.3, -0.25) is 4.98 Å². The van der Waals surface area contributed by atoms with Crippen molar-refractivity contribution < 1.29 is 19.0 Å². The molecule has 5 nitrogen and oxygen atoms in total. The van der Waals surface area contributed by atoms with Gasteiger partial charge in [0.2, 0.25) is 6.29 Å². The minimum absolute atomic E-state index is 0.102. The third kappa shape index (κ3) is 4.02. The van der Waals surface area contributed by atoms with Crippen LogP contribution in [0.5, 0.6) is 5.75 Å². The summed E-state index contributed by atoms with van der Waals surface area (Å²) in [5.74, 6) is 0.290. The van der Waals surface area contributed by atoms with Crippen molar-refractivity contribution in [2.24, 2.45) is 0 Å². The van der Waals surface area contributed by atoms with Crippen LogP contribution in [-0.2, 0) is 22.7 Å². The molecule has 0 amide bonds. The van der Waals surface area contributed by atoms with E-state index in [4.69, 9.17) is 14.2 Å². The molecular weight excluding hydrogens is 410 g/mol. The fraction of sp³-hybridized carbons (Fsp3) is 0.143. The molecule has 6 heteroatoms. The molecule has 0 fully saturated rings. The molecular formula is C21H16BrNO4. The Balaban J connectivity index is 1.55. The van der Waals surface area contributed by atoms with Crippen molar-refractivity contribution in [1.82, 2.24) is 4.98 Å². The molecule has 4 rings (SSSR count). The topological polar surface area (TPSA) is 57.7 Å². The maximum absolute atomic E-state index is 12.2. The van der Waals surface area contributed by atoms with Gasteiger partial charge in [-0.15, -0.1) is 0 Å². The Morgan fingerprint density at radius 2 is 1.93 bits per heavy atom. The van der Waals surface area contributed by atoms with Gasteiger partial charge in [0, 0.05) is 33.6 Å². The predicted octanol–water partition coefficient (Wildman–Crippen LogP) is 4.81. The summed E-state index contributed by atoms with van der Waals surface area (Å²) in [7, 11) is 0. The van der Waals surface area contributed by atoms with E-state index < -0.39 is 12.3 Å². The van der Waals surface area contributed by atoms with Crippen LogP contribution >= 0.6 is 15.9 Å². The van der Waals surface area contributed by atoms with E-state index >= 15 is 0 Å². The monoisotopic (exact) mass is 425 g/mol. The molecule has 0 aliphatic carbocycles. The standard InChI is InChI=1S/C21H16BrNO4/c22-18-10-16(12-25-20(24)14-6-8-23-9-7-14)19-17(11-18)13-26-21(27-19)15-4-2-1-3-5-15/h1-11,21H,12-13H2/t21-/m0/s1. The Labute approximate surface area is 165 Å². The smallest absolute Gasteiger partial charge is 0.338 e. The van der Waals surface area contributed by atoms with Gasteiger partial charge in [-0.25, -0.2) is 4.79 Å². The van der Waals surface area contributed by atoms with Crippen molar-refractivity contribution in [2.45, 2.75) is 19.5 Å². The summed E-state index contributed by atoms with van der Waals surface area (Å²) in [5, 5.41) is 0. The van der Waals surface area contributed by atoms with Crippen molar-refractivity contribution >= 4 is 21.9 Å². The van der Waals surface area contributed by atoms with Crippen LogP contribution in [0.15, 0.2) is 71.5 Å². The molecule has 0 bridgehead atoms. The minimum atomic E-state index is -0.491. The van der Waals surface area contributed by atoms with E-state index in [1.165, 1.54) is 0 Å². The Kier molecular flexibility index (Phi) is 5.18. The summed E-state index contributed by atoms with van der Waals surface area (Å²) < 4.78 is 18.3. The van der Waals surface area contributed by atoms with Crippen molar-refractivity contribution in [3.63, 3.8) is 0 Å². The number of pyridine rings is 1. The van der Waals surface area contributed by atoms with Crippen molar-refractivity contribution in [1.29, 1.82) is 0 Å². The molecule has 0 unspecified atom stereocenters. The first kappa shape index (κ1) is 17.7. The van der Waals surface area contributed by atoms with Gasteiger partial charge in [0.05, 0.1) is 12.2 Å². The lowest BCUT2D eigenvalue weighted by molar-refractivity contribution is -0.112. The molecule has 1 aliphatic rings. The molecule has 27 heavy (non-hydrogen) atoms. The highest BCUT2D eigenvalue weighted by molar-refractivity contribution is 9.10. The lowest BCUT2D eigenvalue weighted by atomic mass is 10.1.